The average Bonchev–Trinajstić information content (AvgIpc) is 2.69. The van der Waals surface area contributed by atoms with Crippen molar-refractivity contribution in [3.63, 3.8) is 0 Å². The van der Waals surface area contributed by atoms with Crippen LogP contribution in [0.5, 0.6) is 5.75 Å². The van der Waals surface area contributed by atoms with E-state index in [1.807, 2.05) is 66.7 Å². The molecule has 0 atom stereocenters. The molecule has 4 aromatic rings. The maximum atomic E-state index is 12.6. The lowest BCUT2D eigenvalue weighted by Gasteiger charge is -2.09. The summed E-state index contributed by atoms with van der Waals surface area (Å²) in [7, 11) is 1.63. The average molecular weight is 343 g/mol. The number of benzene rings is 3. The Bertz CT molecular complexity index is 1100. The third-order valence-electron chi connectivity index (χ3n) is 4.16. The zero-order valence-electron chi connectivity index (χ0n) is 14.2. The summed E-state index contributed by atoms with van der Waals surface area (Å²) >= 11 is 0. The molecule has 0 saturated carbocycles. The molecule has 26 heavy (non-hydrogen) atoms. The molecule has 0 aliphatic carbocycles. The van der Waals surface area contributed by atoms with Gasteiger partial charge in [-0.3, -0.25) is 4.79 Å². The maximum Gasteiger partial charge on any atom is 0.193 e. The third-order valence-corrected chi connectivity index (χ3v) is 4.16. The Morgan fingerprint density at radius 2 is 1.58 bits per heavy atom. The monoisotopic (exact) mass is 343 g/mol. The van der Waals surface area contributed by atoms with Crippen molar-refractivity contribution in [2.24, 2.45) is 0 Å². The molecule has 0 aliphatic heterocycles. The fraction of sp³-hybridized carbons (Fsp3) is 0.0455. The second-order valence-electron chi connectivity index (χ2n) is 5.91. The Kier molecular flexibility index (Phi) is 4.15. The van der Waals surface area contributed by atoms with Crippen molar-refractivity contribution >= 4 is 22.3 Å². The highest BCUT2D eigenvalue weighted by molar-refractivity contribution is 5.83. The van der Waals surface area contributed by atoms with Gasteiger partial charge in [-0.25, -0.2) is 0 Å². The molecular formula is C22H17NO3. The first-order chi connectivity index (χ1) is 12.7. The summed E-state index contributed by atoms with van der Waals surface area (Å²) in [6.07, 6.45) is 0. The number of fused-ring (bicyclic) bond motifs is 1. The normalized spacial score (nSPS) is 10.7. The van der Waals surface area contributed by atoms with Crippen molar-refractivity contribution in [1.82, 2.24) is 0 Å². The Morgan fingerprint density at radius 3 is 2.31 bits per heavy atom. The lowest BCUT2D eigenvalue weighted by atomic mass is 10.1. The number of methoxy groups -OCH3 is 1. The minimum Gasteiger partial charge on any atom is -0.497 e. The fourth-order valence-electron chi connectivity index (χ4n) is 2.82. The van der Waals surface area contributed by atoms with E-state index < -0.39 is 0 Å². The van der Waals surface area contributed by atoms with Crippen LogP contribution in [0.15, 0.2) is 88.1 Å². The molecule has 1 aromatic heterocycles. The van der Waals surface area contributed by atoms with Gasteiger partial charge in [-0.05, 0) is 42.5 Å². The van der Waals surface area contributed by atoms with Crippen LogP contribution in [0.2, 0.25) is 0 Å². The third kappa shape index (κ3) is 3.17. The van der Waals surface area contributed by atoms with Crippen molar-refractivity contribution in [2.75, 3.05) is 12.4 Å². The Morgan fingerprint density at radius 1 is 0.846 bits per heavy atom. The number of anilines is 2. The van der Waals surface area contributed by atoms with E-state index in [0.717, 1.165) is 22.7 Å². The molecule has 0 unspecified atom stereocenters. The minimum atomic E-state index is -0.0662. The molecule has 0 amide bonds. The van der Waals surface area contributed by atoms with E-state index in [-0.39, 0.29) is 5.43 Å². The minimum absolute atomic E-state index is 0.0662. The van der Waals surface area contributed by atoms with Crippen LogP contribution in [0.1, 0.15) is 0 Å². The van der Waals surface area contributed by atoms with Crippen LogP contribution in [0, 0.1) is 0 Å². The Balaban J connectivity index is 1.69. The lowest BCUT2D eigenvalue weighted by Crippen LogP contribution is -2.01. The quantitative estimate of drug-likeness (QED) is 0.552. The molecule has 0 radical (unpaired) electrons. The summed E-state index contributed by atoms with van der Waals surface area (Å²) in [5.74, 6) is 1.36. The molecule has 1 heterocycles. The molecule has 4 rings (SSSR count). The molecular weight excluding hydrogens is 326 g/mol. The zero-order valence-corrected chi connectivity index (χ0v) is 14.2. The number of hydrogen-bond donors (Lipinski definition) is 1. The standard InChI is InChI=1S/C22H17NO3/c1-25-18-10-7-16(8-11-18)23-17-9-12-21-19(13-17)20(24)14-22(26-21)15-5-3-2-4-6-15/h2-14,23H,1H3. The van der Waals surface area contributed by atoms with Gasteiger partial charge in [0, 0.05) is 23.0 Å². The van der Waals surface area contributed by atoms with Gasteiger partial charge >= 0.3 is 0 Å². The van der Waals surface area contributed by atoms with Crippen molar-refractivity contribution < 1.29 is 9.15 Å². The van der Waals surface area contributed by atoms with E-state index in [1.165, 1.54) is 6.07 Å². The van der Waals surface area contributed by atoms with E-state index in [0.29, 0.717) is 16.7 Å². The first-order valence-electron chi connectivity index (χ1n) is 8.27. The first-order valence-corrected chi connectivity index (χ1v) is 8.27. The highest BCUT2D eigenvalue weighted by Crippen LogP contribution is 2.25. The molecule has 0 saturated heterocycles. The summed E-state index contributed by atoms with van der Waals surface area (Å²) in [5, 5.41) is 3.83. The van der Waals surface area contributed by atoms with Gasteiger partial charge < -0.3 is 14.5 Å². The SMILES string of the molecule is COc1ccc(Nc2ccc3oc(-c4ccccc4)cc(=O)c3c2)cc1. The van der Waals surface area contributed by atoms with Crippen LogP contribution in [-0.2, 0) is 0 Å². The van der Waals surface area contributed by atoms with Crippen LogP contribution in [0.25, 0.3) is 22.3 Å². The predicted octanol–water partition coefficient (Wildman–Crippen LogP) is 5.21. The second kappa shape index (κ2) is 6.76. The molecule has 0 spiro atoms. The number of nitrogens with one attached hydrogen (secondary N) is 1. The second-order valence-corrected chi connectivity index (χ2v) is 5.91. The molecule has 0 aliphatic rings. The molecule has 128 valence electrons. The van der Waals surface area contributed by atoms with Gasteiger partial charge in [0.05, 0.1) is 12.5 Å². The van der Waals surface area contributed by atoms with Crippen molar-refractivity contribution in [1.29, 1.82) is 0 Å². The summed E-state index contributed by atoms with van der Waals surface area (Å²) in [4.78, 5) is 12.6. The van der Waals surface area contributed by atoms with E-state index in [4.69, 9.17) is 9.15 Å². The smallest absolute Gasteiger partial charge is 0.193 e. The van der Waals surface area contributed by atoms with Crippen LogP contribution >= 0.6 is 0 Å². The van der Waals surface area contributed by atoms with Gasteiger partial charge in [0.25, 0.3) is 0 Å². The summed E-state index contributed by atoms with van der Waals surface area (Å²) in [6, 6.07) is 24.3. The largest absolute Gasteiger partial charge is 0.497 e. The highest BCUT2D eigenvalue weighted by atomic mass is 16.5. The van der Waals surface area contributed by atoms with Crippen LogP contribution < -0.4 is 15.5 Å². The number of ether oxygens (including phenoxy) is 1. The molecule has 3 aromatic carbocycles. The zero-order chi connectivity index (χ0) is 17.9. The van der Waals surface area contributed by atoms with Crippen LogP contribution in [-0.4, -0.2) is 7.11 Å². The van der Waals surface area contributed by atoms with Gasteiger partial charge in [-0.1, -0.05) is 30.3 Å². The molecule has 4 nitrogen and oxygen atoms in total. The van der Waals surface area contributed by atoms with E-state index in [9.17, 15) is 4.79 Å². The van der Waals surface area contributed by atoms with Gasteiger partial charge in [-0.15, -0.1) is 0 Å². The Labute approximate surface area is 150 Å². The van der Waals surface area contributed by atoms with Crippen molar-refractivity contribution in [3.8, 4) is 17.1 Å². The molecule has 4 heteroatoms. The molecule has 0 bridgehead atoms. The molecule has 0 fully saturated rings. The predicted molar refractivity (Wildman–Crippen MR) is 104 cm³/mol. The van der Waals surface area contributed by atoms with E-state index in [2.05, 4.69) is 5.32 Å². The molecule has 1 N–H and O–H groups in total. The number of rotatable bonds is 4. The fourth-order valence-corrected chi connectivity index (χ4v) is 2.82. The first kappa shape index (κ1) is 16.0. The van der Waals surface area contributed by atoms with Gasteiger partial charge in [-0.2, -0.15) is 0 Å². The summed E-state index contributed by atoms with van der Waals surface area (Å²) in [6.45, 7) is 0. The highest BCUT2D eigenvalue weighted by Gasteiger charge is 2.08. The van der Waals surface area contributed by atoms with Crippen LogP contribution in [0.4, 0.5) is 11.4 Å². The summed E-state index contributed by atoms with van der Waals surface area (Å²) < 4.78 is 11.1. The van der Waals surface area contributed by atoms with Crippen molar-refractivity contribution in [3.05, 3.63) is 89.1 Å². The summed E-state index contributed by atoms with van der Waals surface area (Å²) in [5.41, 5.74) is 3.12. The van der Waals surface area contributed by atoms with E-state index in [1.54, 1.807) is 13.2 Å². The lowest BCUT2D eigenvalue weighted by molar-refractivity contribution is 0.415. The van der Waals surface area contributed by atoms with Gasteiger partial charge in [0.2, 0.25) is 0 Å². The topological polar surface area (TPSA) is 51.5 Å². The maximum absolute atomic E-state index is 12.6. The van der Waals surface area contributed by atoms with E-state index >= 15 is 0 Å². The van der Waals surface area contributed by atoms with Crippen LogP contribution in [0.3, 0.4) is 0 Å². The Hall–Kier alpha value is -3.53. The van der Waals surface area contributed by atoms with Gasteiger partial charge in [0.1, 0.15) is 17.1 Å². The van der Waals surface area contributed by atoms with Crippen molar-refractivity contribution in [2.45, 2.75) is 0 Å². The number of hydrogen-bond acceptors (Lipinski definition) is 4. The van der Waals surface area contributed by atoms with Gasteiger partial charge in [0.15, 0.2) is 5.43 Å².